The maximum Gasteiger partial charge on any atom is 0.152 e. The standard InChI is InChI=1S/C18H16INO/c1-2-14-4-3-5-17-15(12-21)11-20(18(14)17)10-13-6-8-16(19)9-7-13/h3-9,11-12H,2,10H2,1H3. The van der Waals surface area contributed by atoms with Crippen LogP contribution in [0.5, 0.6) is 0 Å². The maximum absolute atomic E-state index is 11.3. The van der Waals surface area contributed by atoms with Crippen LogP contribution in [-0.2, 0) is 13.0 Å². The molecule has 0 saturated carbocycles. The molecule has 1 aromatic heterocycles. The first-order valence-electron chi connectivity index (χ1n) is 7.03. The first-order chi connectivity index (χ1) is 10.2. The molecule has 0 fully saturated rings. The minimum absolute atomic E-state index is 0.769. The van der Waals surface area contributed by atoms with E-state index in [9.17, 15) is 4.79 Å². The molecule has 3 heteroatoms. The van der Waals surface area contributed by atoms with Crippen molar-refractivity contribution in [2.75, 3.05) is 0 Å². The first-order valence-corrected chi connectivity index (χ1v) is 8.11. The molecule has 0 aliphatic rings. The molecule has 2 aromatic carbocycles. The number of para-hydroxylation sites is 1. The average molecular weight is 389 g/mol. The second-order valence-electron chi connectivity index (χ2n) is 5.12. The van der Waals surface area contributed by atoms with Gasteiger partial charge in [0.05, 0.1) is 5.52 Å². The molecule has 0 unspecified atom stereocenters. The van der Waals surface area contributed by atoms with E-state index in [0.717, 1.165) is 30.2 Å². The van der Waals surface area contributed by atoms with E-state index in [1.54, 1.807) is 0 Å². The third-order valence-electron chi connectivity index (χ3n) is 3.79. The number of aldehydes is 1. The van der Waals surface area contributed by atoms with E-state index in [-0.39, 0.29) is 0 Å². The third kappa shape index (κ3) is 2.75. The Labute approximate surface area is 137 Å². The minimum atomic E-state index is 0.769. The van der Waals surface area contributed by atoms with E-state index < -0.39 is 0 Å². The first kappa shape index (κ1) is 14.3. The van der Waals surface area contributed by atoms with Gasteiger partial charge in [-0.1, -0.05) is 37.3 Å². The van der Waals surface area contributed by atoms with Crippen molar-refractivity contribution in [3.63, 3.8) is 0 Å². The van der Waals surface area contributed by atoms with Gasteiger partial charge in [-0.2, -0.15) is 0 Å². The van der Waals surface area contributed by atoms with Gasteiger partial charge in [-0.25, -0.2) is 0 Å². The summed E-state index contributed by atoms with van der Waals surface area (Å²) in [5.41, 5.74) is 4.48. The van der Waals surface area contributed by atoms with Crippen LogP contribution in [0.4, 0.5) is 0 Å². The minimum Gasteiger partial charge on any atom is -0.342 e. The summed E-state index contributed by atoms with van der Waals surface area (Å²) in [4.78, 5) is 11.3. The summed E-state index contributed by atoms with van der Waals surface area (Å²) in [5.74, 6) is 0. The number of hydrogen-bond acceptors (Lipinski definition) is 1. The summed E-state index contributed by atoms with van der Waals surface area (Å²) in [6.45, 7) is 2.94. The highest BCUT2D eigenvalue weighted by atomic mass is 127. The van der Waals surface area contributed by atoms with Crippen molar-refractivity contribution in [3.05, 3.63) is 68.9 Å². The molecule has 3 aromatic rings. The molecule has 2 nitrogen and oxygen atoms in total. The van der Waals surface area contributed by atoms with Crippen molar-refractivity contribution in [1.82, 2.24) is 4.57 Å². The number of fused-ring (bicyclic) bond motifs is 1. The zero-order valence-corrected chi connectivity index (χ0v) is 14.0. The zero-order chi connectivity index (χ0) is 14.8. The lowest BCUT2D eigenvalue weighted by Crippen LogP contribution is -2.00. The molecule has 106 valence electrons. The summed E-state index contributed by atoms with van der Waals surface area (Å²) in [7, 11) is 0. The zero-order valence-electron chi connectivity index (χ0n) is 11.8. The summed E-state index contributed by atoms with van der Waals surface area (Å²) >= 11 is 2.31. The van der Waals surface area contributed by atoms with Crippen molar-refractivity contribution in [3.8, 4) is 0 Å². The fourth-order valence-electron chi connectivity index (χ4n) is 2.76. The third-order valence-corrected chi connectivity index (χ3v) is 4.51. The van der Waals surface area contributed by atoms with Gasteiger partial charge in [-0.05, 0) is 52.3 Å². The molecule has 21 heavy (non-hydrogen) atoms. The topological polar surface area (TPSA) is 22.0 Å². The van der Waals surface area contributed by atoms with E-state index >= 15 is 0 Å². The molecule has 0 amide bonds. The maximum atomic E-state index is 11.3. The molecule has 0 atom stereocenters. The predicted molar refractivity (Wildman–Crippen MR) is 95.0 cm³/mol. The summed E-state index contributed by atoms with van der Waals surface area (Å²) in [6, 6.07) is 14.7. The van der Waals surface area contributed by atoms with Gasteiger partial charge in [0.15, 0.2) is 6.29 Å². The van der Waals surface area contributed by atoms with Crippen LogP contribution in [0.2, 0.25) is 0 Å². The molecular formula is C18H16INO. The van der Waals surface area contributed by atoms with Gasteiger partial charge in [-0.3, -0.25) is 4.79 Å². The number of rotatable bonds is 4. The lowest BCUT2D eigenvalue weighted by Gasteiger charge is -2.09. The molecule has 0 radical (unpaired) electrons. The Morgan fingerprint density at radius 2 is 1.90 bits per heavy atom. The van der Waals surface area contributed by atoms with Crippen LogP contribution in [0.25, 0.3) is 10.9 Å². The number of aryl methyl sites for hydroxylation is 1. The molecule has 0 spiro atoms. The quantitative estimate of drug-likeness (QED) is 0.470. The fourth-order valence-corrected chi connectivity index (χ4v) is 3.12. The molecule has 0 aliphatic heterocycles. The Morgan fingerprint density at radius 3 is 2.57 bits per heavy atom. The Morgan fingerprint density at radius 1 is 1.14 bits per heavy atom. The number of halogens is 1. The summed E-state index contributed by atoms with van der Waals surface area (Å²) in [6.07, 6.45) is 3.88. The van der Waals surface area contributed by atoms with Gasteiger partial charge in [-0.15, -0.1) is 0 Å². The monoisotopic (exact) mass is 389 g/mol. The molecule has 0 bridgehead atoms. The molecule has 0 aliphatic carbocycles. The van der Waals surface area contributed by atoms with Crippen LogP contribution in [0.3, 0.4) is 0 Å². The Balaban J connectivity index is 2.13. The highest BCUT2D eigenvalue weighted by molar-refractivity contribution is 14.1. The summed E-state index contributed by atoms with van der Waals surface area (Å²) < 4.78 is 3.43. The highest BCUT2D eigenvalue weighted by Crippen LogP contribution is 2.25. The van der Waals surface area contributed by atoms with Gasteiger partial charge in [0, 0.05) is 27.3 Å². The number of carbonyl (C=O) groups is 1. The smallest absolute Gasteiger partial charge is 0.152 e. The van der Waals surface area contributed by atoms with Crippen LogP contribution < -0.4 is 0 Å². The largest absolute Gasteiger partial charge is 0.342 e. The lowest BCUT2D eigenvalue weighted by molar-refractivity contribution is 0.112. The molecule has 0 N–H and O–H groups in total. The Bertz CT molecular complexity index is 787. The van der Waals surface area contributed by atoms with Crippen molar-refractivity contribution < 1.29 is 4.79 Å². The summed E-state index contributed by atoms with van der Waals surface area (Å²) in [5, 5.41) is 1.05. The SMILES string of the molecule is CCc1cccc2c(C=O)cn(Cc3ccc(I)cc3)c12. The van der Waals surface area contributed by atoms with Crippen LogP contribution in [0.15, 0.2) is 48.7 Å². The van der Waals surface area contributed by atoms with Crippen LogP contribution in [-0.4, -0.2) is 10.9 Å². The van der Waals surface area contributed by atoms with E-state index in [2.05, 4.69) is 64.4 Å². The van der Waals surface area contributed by atoms with Crippen molar-refractivity contribution in [2.24, 2.45) is 0 Å². The normalized spacial score (nSPS) is 11.0. The van der Waals surface area contributed by atoms with Gasteiger partial charge < -0.3 is 4.57 Å². The van der Waals surface area contributed by atoms with Gasteiger partial charge in [0.2, 0.25) is 0 Å². The fraction of sp³-hybridized carbons (Fsp3) is 0.167. The number of nitrogens with zero attached hydrogens (tertiary/aromatic N) is 1. The van der Waals surface area contributed by atoms with Crippen LogP contribution in [0, 0.1) is 3.57 Å². The lowest BCUT2D eigenvalue weighted by atomic mass is 10.1. The molecule has 1 heterocycles. The van der Waals surface area contributed by atoms with E-state index in [1.807, 2.05) is 18.3 Å². The second-order valence-corrected chi connectivity index (χ2v) is 6.37. The molecule has 3 rings (SSSR count). The van der Waals surface area contributed by atoms with E-state index in [1.165, 1.54) is 20.2 Å². The highest BCUT2D eigenvalue weighted by Gasteiger charge is 2.11. The average Bonchev–Trinajstić information content (AvgIpc) is 2.87. The van der Waals surface area contributed by atoms with E-state index in [0.29, 0.717) is 0 Å². The number of hydrogen-bond donors (Lipinski definition) is 0. The Hall–Kier alpha value is -1.62. The van der Waals surface area contributed by atoms with Gasteiger partial charge >= 0.3 is 0 Å². The van der Waals surface area contributed by atoms with E-state index in [4.69, 9.17) is 0 Å². The van der Waals surface area contributed by atoms with Gasteiger partial charge in [0.25, 0.3) is 0 Å². The number of carbonyl (C=O) groups excluding carboxylic acids is 1. The van der Waals surface area contributed by atoms with Crippen LogP contribution >= 0.6 is 22.6 Å². The van der Waals surface area contributed by atoms with Crippen molar-refractivity contribution in [2.45, 2.75) is 19.9 Å². The van der Waals surface area contributed by atoms with Gasteiger partial charge in [0.1, 0.15) is 0 Å². The molecular weight excluding hydrogens is 373 g/mol. The number of aromatic nitrogens is 1. The molecule has 0 saturated heterocycles. The Kier molecular flexibility index (Phi) is 4.10. The predicted octanol–water partition coefficient (Wildman–Crippen LogP) is 4.67. The number of benzene rings is 2. The second kappa shape index (κ2) is 6.02. The van der Waals surface area contributed by atoms with Crippen molar-refractivity contribution >= 4 is 39.8 Å². The van der Waals surface area contributed by atoms with Crippen LogP contribution in [0.1, 0.15) is 28.4 Å². The van der Waals surface area contributed by atoms with Crippen molar-refractivity contribution in [1.29, 1.82) is 0 Å².